The lowest BCUT2D eigenvalue weighted by molar-refractivity contribution is -0.144. The largest absolute Gasteiger partial charge is 0.461 e. The molecule has 0 saturated carbocycles. The van der Waals surface area contributed by atoms with E-state index in [9.17, 15) is 4.79 Å². The second kappa shape index (κ2) is 3.56. The maximum atomic E-state index is 10.6. The third-order valence-electron chi connectivity index (χ3n) is 1.15. The van der Waals surface area contributed by atoms with Crippen molar-refractivity contribution in [2.75, 3.05) is 0 Å². The third-order valence-corrected chi connectivity index (χ3v) is 1.85. The molecule has 0 bridgehead atoms. The number of carbonyl (C=O) groups is 1. The average molecular weight is 157 g/mol. The van der Waals surface area contributed by atoms with Crippen LogP contribution in [0.5, 0.6) is 0 Å². The molecule has 57 valence electrons. The van der Waals surface area contributed by atoms with E-state index in [1.807, 2.05) is 6.92 Å². The summed E-state index contributed by atoms with van der Waals surface area (Å²) in [5, 5.41) is -0.328. The predicted molar refractivity (Wildman–Crippen MR) is 44.6 cm³/mol. The Kier molecular flexibility index (Phi) is 3.36. The molecule has 0 aromatic carbocycles. The first-order chi connectivity index (χ1) is 4.52. The molecule has 0 rings (SSSR count). The van der Waals surface area contributed by atoms with E-state index in [0.717, 1.165) is 10.2 Å². The molecule has 0 aliphatic heterocycles. The van der Waals surface area contributed by atoms with Gasteiger partial charge in [0.05, 0.1) is 15.5 Å². The van der Waals surface area contributed by atoms with E-state index in [1.54, 1.807) is 0 Å². The molecule has 0 spiro atoms. The van der Waals surface area contributed by atoms with Crippen LogP contribution < -0.4 is 0 Å². The second-order valence-electron chi connectivity index (χ2n) is 2.63. The van der Waals surface area contributed by atoms with E-state index in [4.69, 9.17) is 4.74 Å². The Morgan fingerprint density at radius 3 is 2.70 bits per heavy atom. The van der Waals surface area contributed by atoms with Crippen molar-refractivity contribution in [1.29, 1.82) is 0 Å². The smallest absolute Gasteiger partial charge is 0.330 e. The summed E-state index contributed by atoms with van der Waals surface area (Å²) in [6.45, 7) is 8.84. The quantitative estimate of drug-likeness (QED) is 0.328. The minimum atomic E-state index is -0.360. The fourth-order valence-electron chi connectivity index (χ4n) is 0.365. The number of hydrogen-bond donors (Lipinski definition) is 0. The SMILES string of the molecule is [CH2]CC(C)([SiH3])OC(=O)C=C. The Morgan fingerprint density at radius 2 is 2.40 bits per heavy atom. The van der Waals surface area contributed by atoms with Crippen LogP contribution in [0.3, 0.4) is 0 Å². The number of rotatable bonds is 3. The van der Waals surface area contributed by atoms with Crippen LogP contribution in [-0.4, -0.2) is 21.4 Å². The maximum absolute atomic E-state index is 10.6. The third kappa shape index (κ3) is 3.45. The van der Waals surface area contributed by atoms with Crippen LogP contribution in [0.4, 0.5) is 0 Å². The zero-order valence-electron chi connectivity index (χ0n) is 6.52. The van der Waals surface area contributed by atoms with Crippen molar-refractivity contribution in [3.05, 3.63) is 19.6 Å². The van der Waals surface area contributed by atoms with Gasteiger partial charge < -0.3 is 4.74 Å². The highest BCUT2D eigenvalue weighted by molar-refractivity contribution is 6.15. The predicted octanol–water partition coefficient (Wildman–Crippen LogP) is 0.0214. The van der Waals surface area contributed by atoms with Gasteiger partial charge in [0.15, 0.2) is 0 Å². The monoisotopic (exact) mass is 157 g/mol. The Labute approximate surface area is 64.7 Å². The number of hydrogen-bond acceptors (Lipinski definition) is 2. The first-order valence-corrected chi connectivity index (χ1v) is 4.16. The van der Waals surface area contributed by atoms with Gasteiger partial charge in [0, 0.05) is 6.08 Å². The van der Waals surface area contributed by atoms with Crippen LogP contribution in [0.1, 0.15) is 13.3 Å². The molecule has 0 fully saturated rings. The van der Waals surface area contributed by atoms with Crippen LogP contribution >= 0.6 is 0 Å². The fourth-order valence-corrected chi connectivity index (χ4v) is 0.566. The molecule has 1 unspecified atom stereocenters. The van der Waals surface area contributed by atoms with Gasteiger partial charge in [-0.3, -0.25) is 0 Å². The van der Waals surface area contributed by atoms with Gasteiger partial charge in [-0.1, -0.05) is 6.58 Å². The molecule has 1 radical (unpaired) electrons. The van der Waals surface area contributed by atoms with Gasteiger partial charge in [0.2, 0.25) is 0 Å². The molecule has 0 heterocycles. The maximum Gasteiger partial charge on any atom is 0.330 e. The minimum Gasteiger partial charge on any atom is -0.461 e. The lowest BCUT2D eigenvalue weighted by atomic mass is 10.3. The van der Waals surface area contributed by atoms with Gasteiger partial charge in [-0.2, -0.15) is 0 Å². The Hall–Kier alpha value is -0.573. The van der Waals surface area contributed by atoms with Crippen LogP contribution in [0.2, 0.25) is 0 Å². The highest BCUT2D eigenvalue weighted by atomic mass is 28.1. The summed E-state index contributed by atoms with van der Waals surface area (Å²) >= 11 is 0. The molecule has 0 saturated heterocycles. The molecule has 0 aliphatic carbocycles. The Morgan fingerprint density at radius 1 is 1.90 bits per heavy atom. The molecule has 1 atom stereocenters. The van der Waals surface area contributed by atoms with Gasteiger partial charge in [0.1, 0.15) is 0 Å². The Balaban J connectivity index is 3.87. The van der Waals surface area contributed by atoms with E-state index < -0.39 is 0 Å². The lowest BCUT2D eigenvalue weighted by Gasteiger charge is -2.22. The molecule has 2 nitrogen and oxygen atoms in total. The summed E-state index contributed by atoms with van der Waals surface area (Å²) in [5.41, 5.74) is 0. The summed E-state index contributed by atoms with van der Waals surface area (Å²) in [6.07, 6.45) is 1.80. The fraction of sp³-hybridized carbons (Fsp3) is 0.429. The zero-order valence-corrected chi connectivity index (χ0v) is 8.52. The second-order valence-corrected chi connectivity index (χ2v) is 4.75. The van der Waals surface area contributed by atoms with Crippen molar-refractivity contribution >= 4 is 16.2 Å². The lowest BCUT2D eigenvalue weighted by Crippen LogP contribution is -2.30. The van der Waals surface area contributed by atoms with Crippen LogP contribution in [0.15, 0.2) is 12.7 Å². The molecule has 0 aliphatic rings. The minimum absolute atomic E-state index is 0.328. The standard InChI is InChI=1S/C7H13O2Si/c1-4-6(8)9-7(3,10)5-2/h4H,1-2,5H2,3,10H3. The van der Waals surface area contributed by atoms with Gasteiger partial charge in [-0.25, -0.2) is 4.79 Å². The van der Waals surface area contributed by atoms with Gasteiger partial charge >= 0.3 is 5.97 Å². The molecule has 0 aromatic rings. The Bertz CT molecular complexity index is 141. The van der Waals surface area contributed by atoms with Crippen molar-refractivity contribution in [2.45, 2.75) is 18.6 Å². The van der Waals surface area contributed by atoms with Gasteiger partial charge in [-0.05, 0) is 20.3 Å². The zero-order chi connectivity index (χ0) is 8.20. The summed E-state index contributed by atoms with van der Waals surface area (Å²) in [5.74, 6) is -0.360. The summed E-state index contributed by atoms with van der Waals surface area (Å²) in [7, 11) is 0.798. The van der Waals surface area contributed by atoms with Gasteiger partial charge in [0.25, 0.3) is 0 Å². The highest BCUT2D eigenvalue weighted by Crippen LogP contribution is 2.09. The van der Waals surface area contributed by atoms with Crippen molar-refractivity contribution in [1.82, 2.24) is 0 Å². The number of esters is 1. The average Bonchev–Trinajstić information content (AvgIpc) is 1.87. The summed E-state index contributed by atoms with van der Waals surface area (Å²) in [4.78, 5) is 10.6. The summed E-state index contributed by atoms with van der Waals surface area (Å²) in [6, 6.07) is 0. The van der Waals surface area contributed by atoms with Crippen molar-refractivity contribution < 1.29 is 9.53 Å². The number of ether oxygens (including phenoxy) is 1. The number of carbonyl (C=O) groups excluding carboxylic acids is 1. The van der Waals surface area contributed by atoms with E-state index in [1.165, 1.54) is 6.08 Å². The van der Waals surface area contributed by atoms with Gasteiger partial charge in [-0.15, -0.1) is 0 Å². The summed E-state index contributed by atoms with van der Waals surface area (Å²) < 4.78 is 4.98. The van der Waals surface area contributed by atoms with Crippen LogP contribution in [0.25, 0.3) is 0 Å². The van der Waals surface area contributed by atoms with Crippen LogP contribution in [-0.2, 0) is 9.53 Å². The molecule has 0 aromatic heterocycles. The topological polar surface area (TPSA) is 26.3 Å². The molecule has 0 amide bonds. The van der Waals surface area contributed by atoms with Crippen LogP contribution in [0, 0.1) is 6.92 Å². The van der Waals surface area contributed by atoms with Crippen molar-refractivity contribution in [3.63, 3.8) is 0 Å². The van der Waals surface area contributed by atoms with E-state index in [0.29, 0.717) is 6.42 Å². The van der Waals surface area contributed by atoms with E-state index in [2.05, 4.69) is 13.5 Å². The first-order valence-electron chi connectivity index (χ1n) is 3.16. The molecular formula is C7H13O2Si. The van der Waals surface area contributed by atoms with E-state index >= 15 is 0 Å². The van der Waals surface area contributed by atoms with Crippen molar-refractivity contribution in [3.8, 4) is 0 Å². The van der Waals surface area contributed by atoms with E-state index in [-0.39, 0.29) is 11.2 Å². The molecule has 0 N–H and O–H groups in total. The normalized spacial score (nSPS) is 15.8. The molecule has 3 heteroatoms. The first kappa shape index (κ1) is 9.43. The molecule has 10 heavy (non-hydrogen) atoms. The molecular weight excluding hydrogens is 144 g/mol. The highest BCUT2D eigenvalue weighted by Gasteiger charge is 2.17. The van der Waals surface area contributed by atoms with Crippen molar-refractivity contribution in [2.24, 2.45) is 0 Å².